The predicted octanol–water partition coefficient (Wildman–Crippen LogP) is 14.0. The number of ether oxygens (including phenoxy) is 4. The van der Waals surface area contributed by atoms with Gasteiger partial charge in [-0.3, -0.25) is 4.79 Å². The highest BCUT2D eigenvalue weighted by molar-refractivity contribution is 5.76. The van der Waals surface area contributed by atoms with E-state index in [1.807, 2.05) is 0 Å². The summed E-state index contributed by atoms with van der Waals surface area (Å²) >= 11 is 0. The van der Waals surface area contributed by atoms with Crippen LogP contribution >= 0.6 is 0 Å². The minimum Gasteiger partial charge on any atom is -0.394 e. The van der Waals surface area contributed by atoms with Crippen molar-refractivity contribution in [1.82, 2.24) is 5.32 Å². The number of unbranched alkanes of at least 4 members (excludes halogenated alkanes) is 46. The minimum absolute atomic E-state index is 0.197. The first-order chi connectivity index (χ1) is 40.1. The molecule has 0 spiro atoms. The van der Waals surface area contributed by atoms with Gasteiger partial charge in [0.2, 0.25) is 5.91 Å². The van der Waals surface area contributed by atoms with Gasteiger partial charge in [0, 0.05) is 6.42 Å². The number of carbonyl (C=O) groups excluding carboxylic acids is 1. The number of rotatable bonds is 59. The van der Waals surface area contributed by atoms with Gasteiger partial charge in [0.05, 0.1) is 32.0 Å². The van der Waals surface area contributed by atoms with Crippen molar-refractivity contribution in [3.05, 3.63) is 0 Å². The Morgan fingerprint density at radius 2 is 0.695 bits per heavy atom. The van der Waals surface area contributed by atoms with Crippen molar-refractivity contribution >= 4 is 5.91 Å². The van der Waals surface area contributed by atoms with Crippen LogP contribution in [0.4, 0.5) is 0 Å². The summed E-state index contributed by atoms with van der Waals surface area (Å²) in [6.45, 7) is 2.93. The Bertz CT molecular complexity index is 1380. The highest BCUT2D eigenvalue weighted by Gasteiger charge is 2.51. The fourth-order valence-electron chi connectivity index (χ4n) is 12.2. The number of hydrogen-bond acceptors (Lipinski definition) is 13. The van der Waals surface area contributed by atoms with Crippen molar-refractivity contribution < 1.29 is 64.6 Å². The van der Waals surface area contributed by atoms with Crippen LogP contribution in [0.25, 0.3) is 0 Å². The van der Waals surface area contributed by atoms with Crippen molar-refractivity contribution in [3.8, 4) is 0 Å². The Kier molecular flexibility index (Phi) is 50.9. The third-order valence-electron chi connectivity index (χ3n) is 17.8. The van der Waals surface area contributed by atoms with Crippen LogP contribution in [0, 0.1) is 0 Å². The number of aliphatic hydroxyl groups excluding tert-OH is 8. The van der Waals surface area contributed by atoms with E-state index >= 15 is 0 Å². The summed E-state index contributed by atoms with van der Waals surface area (Å²) in [4.78, 5) is 13.3. The number of hydrogen-bond donors (Lipinski definition) is 9. The minimum atomic E-state index is -1.78. The molecular formula is C68H133NO13. The van der Waals surface area contributed by atoms with Crippen LogP contribution in [0.15, 0.2) is 0 Å². The highest BCUT2D eigenvalue weighted by Crippen LogP contribution is 2.30. The maximum Gasteiger partial charge on any atom is 0.220 e. The summed E-state index contributed by atoms with van der Waals surface area (Å²) < 4.78 is 22.9. The SMILES string of the molecule is CCCCCCCCCCCCCCCCCCCCCCCCCCCC(O)C(COC1OC(CO)C(OC2OC(CO)C(O)C(O)C2O)C(O)C1O)NC(=O)CCCCCCCCCCCCCCCCCCCCCCCCC. The van der Waals surface area contributed by atoms with E-state index < -0.39 is 86.8 Å². The third kappa shape index (κ3) is 38.3. The van der Waals surface area contributed by atoms with Crippen molar-refractivity contribution in [3.63, 3.8) is 0 Å². The molecule has 2 aliphatic rings. The lowest BCUT2D eigenvalue weighted by atomic mass is 9.97. The molecule has 0 saturated carbocycles. The molecule has 14 nitrogen and oxygen atoms in total. The Labute approximate surface area is 502 Å². The smallest absolute Gasteiger partial charge is 0.220 e. The van der Waals surface area contributed by atoms with Gasteiger partial charge in [0.25, 0.3) is 0 Å². The van der Waals surface area contributed by atoms with Crippen LogP contribution in [0.5, 0.6) is 0 Å². The summed E-state index contributed by atoms with van der Waals surface area (Å²) in [6.07, 6.45) is 46.9. The number of aliphatic hydroxyl groups is 8. The van der Waals surface area contributed by atoms with Gasteiger partial charge in [-0.25, -0.2) is 0 Å². The van der Waals surface area contributed by atoms with E-state index in [0.717, 1.165) is 51.4 Å². The van der Waals surface area contributed by atoms with Crippen molar-refractivity contribution in [2.24, 2.45) is 0 Å². The molecular weight excluding hydrogens is 1040 g/mol. The number of carbonyl (C=O) groups is 1. The topological polar surface area (TPSA) is 228 Å². The molecule has 14 heteroatoms. The average Bonchev–Trinajstić information content (AvgIpc) is 3.53. The van der Waals surface area contributed by atoms with Gasteiger partial charge < -0.3 is 65.1 Å². The monoisotopic (exact) mass is 1170 g/mol. The molecule has 0 radical (unpaired) electrons. The molecule has 2 rings (SSSR count). The highest BCUT2D eigenvalue weighted by atomic mass is 16.7. The fraction of sp³-hybridized carbons (Fsp3) is 0.985. The van der Waals surface area contributed by atoms with Gasteiger partial charge in [-0.05, 0) is 12.8 Å². The van der Waals surface area contributed by atoms with Crippen LogP contribution in [0.2, 0.25) is 0 Å². The van der Waals surface area contributed by atoms with Crippen molar-refractivity contribution in [2.75, 3.05) is 19.8 Å². The second-order valence-corrected chi connectivity index (χ2v) is 25.4. The molecule has 1 amide bonds. The van der Waals surface area contributed by atoms with Gasteiger partial charge in [0.1, 0.15) is 48.8 Å². The third-order valence-corrected chi connectivity index (χ3v) is 17.8. The first-order valence-electron chi connectivity index (χ1n) is 35.3. The molecule has 0 aromatic rings. The first-order valence-corrected chi connectivity index (χ1v) is 35.3. The van der Waals surface area contributed by atoms with E-state index in [-0.39, 0.29) is 12.5 Å². The van der Waals surface area contributed by atoms with Gasteiger partial charge in [-0.2, -0.15) is 0 Å². The van der Waals surface area contributed by atoms with E-state index in [2.05, 4.69) is 19.2 Å². The van der Waals surface area contributed by atoms with Crippen molar-refractivity contribution in [2.45, 2.75) is 408 Å². The zero-order valence-corrected chi connectivity index (χ0v) is 53.0. The van der Waals surface area contributed by atoms with Crippen LogP contribution < -0.4 is 5.32 Å². The molecule has 82 heavy (non-hydrogen) atoms. The maximum atomic E-state index is 13.3. The van der Waals surface area contributed by atoms with E-state index in [9.17, 15) is 45.6 Å². The molecule has 2 aliphatic heterocycles. The molecule has 2 heterocycles. The normalized spacial score (nSPS) is 23.8. The number of nitrogens with one attached hydrogen (secondary N) is 1. The lowest BCUT2D eigenvalue weighted by Gasteiger charge is -2.46. The quantitative estimate of drug-likeness (QED) is 0.0259. The van der Waals surface area contributed by atoms with Crippen LogP contribution in [0.1, 0.15) is 335 Å². The van der Waals surface area contributed by atoms with Gasteiger partial charge >= 0.3 is 0 Å². The van der Waals surface area contributed by atoms with E-state index in [4.69, 9.17) is 18.9 Å². The molecule has 0 aromatic carbocycles. The predicted molar refractivity (Wildman–Crippen MR) is 332 cm³/mol. The summed E-state index contributed by atoms with van der Waals surface area (Å²) in [6, 6.07) is -0.824. The molecule has 2 fully saturated rings. The van der Waals surface area contributed by atoms with Crippen molar-refractivity contribution in [1.29, 1.82) is 0 Å². The summed E-state index contributed by atoms with van der Waals surface area (Å²) in [5, 5.41) is 87.6. The fourth-order valence-corrected chi connectivity index (χ4v) is 12.2. The van der Waals surface area contributed by atoms with Gasteiger partial charge in [-0.15, -0.1) is 0 Å². The molecule has 2 saturated heterocycles. The zero-order valence-electron chi connectivity index (χ0n) is 53.0. The lowest BCUT2D eigenvalue weighted by Crippen LogP contribution is -2.65. The molecule has 12 unspecified atom stereocenters. The Balaban J connectivity index is 1.67. The van der Waals surface area contributed by atoms with E-state index in [1.165, 1.54) is 257 Å². The molecule has 488 valence electrons. The zero-order chi connectivity index (χ0) is 59.5. The standard InChI is InChI=1S/C68H133NO13/c1-3-5-7-9-11-13-15-17-19-21-23-25-27-28-30-31-33-35-37-39-41-43-45-47-49-51-57(72)56(55-79-67-65(78)63(76)66(59(54-71)81-67)82-68-64(77)62(75)61(74)58(53-70)80-68)69-60(73)52-50-48-46-44-42-40-38-36-34-32-29-26-24-22-20-18-16-14-12-10-8-6-4-2/h56-59,61-68,70-72,74-78H,3-55H2,1-2H3,(H,69,73). The molecule has 0 aliphatic carbocycles. The molecule has 0 aromatic heterocycles. The van der Waals surface area contributed by atoms with Crippen LogP contribution in [-0.4, -0.2) is 140 Å². The second kappa shape index (κ2) is 54.2. The second-order valence-electron chi connectivity index (χ2n) is 25.4. The maximum absolute atomic E-state index is 13.3. The Morgan fingerprint density at radius 1 is 0.390 bits per heavy atom. The largest absolute Gasteiger partial charge is 0.394 e. The van der Waals surface area contributed by atoms with Gasteiger partial charge in [-0.1, -0.05) is 316 Å². The summed E-state index contributed by atoms with van der Waals surface area (Å²) in [7, 11) is 0. The molecule has 9 N–H and O–H groups in total. The number of amides is 1. The van der Waals surface area contributed by atoms with Crippen LogP contribution in [0.3, 0.4) is 0 Å². The lowest BCUT2D eigenvalue weighted by molar-refractivity contribution is -0.359. The Hall–Kier alpha value is -1.01. The van der Waals surface area contributed by atoms with E-state index in [1.54, 1.807) is 0 Å². The summed E-state index contributed by atoms with van der Waals surface area (Å²) in [5.74, 6) is -0.197. The summed E-state index contributed by atoms with van der Waals surface area (Å²) in [5.41, 5.74) is 0. The van der Waals surface area contributed by atoms with Crippen LogP contribution in [-0.2, 0) is 23.7 Å². The first kappa shape index (κ1) is 77.1. The van der Waals surface area contributed by atoms with Gasteiger partial charge in [0.15, 0.2) is 12.6 Å². The molecule has 0 bridgehead atoms. The Morgan fingerprint density at radius 3 is 1.04 bits per heavy atom. The average molecular weight is 1170 g/mol. The van der Waals surface area contributed by atoms with E-state index in [0.29, 0.717) is 12.8 Å². The molecule has 12 atom stereocenters.